The first kappa shape index (κ1) is 20.7. The molecule has 3 aromatic rings. The number of aromatic nitrogens is 3. The van der Waals surface area contributed by atoms with Gasteiger partial charge in [-0.2, -0.15) is 0 Å². The van der Waals surface area contributed by atoms with Crippen LogP contribution in [0.2, 0.25) is 0 Å². The molecule has 158 valence electrons. The highest BCUT2D eigenvalue weighted by Crippen LogP contribution is 2.30. The van der Waals surface area contributed by atoms with Crippen molar-refractivity contribution in [1.82, 2.24) is 14.8 Å². The molecule has 1 aromatic heterocycles. The minimum atomic E-state index is -0.214. The van der Waals surface area contributed by atoms with Crippen LogP contribution in [-0.2, 0) is 16.1 Å². The molecule has 9 heteroatoms. The number of nitrogens with one attached hydrogen (secondary N) is 1. The predicted octanol–water partition coefficient (Wildman–Crippen LogP) is 3.22. The number of amides is 2. The highest BCUT2D eigenvalue weighted by molar-refractivity contribution is 7.99. The van der Waals surface area contributed by atoms with Crippen molar-refractivity contribution >= 4 is 35.0 Å². The van der Waals surface area contributed by atoms with E-state index >= 15 is 0 Å². The highest BCUT2D eigenvalue weighted by Gasteiger charge is 2.27. The van der Waals surface area contributed by atoms with Gasteiger partial charge in [-0.3, -0.25) is 14.2 Å². The molecule has 1 N–H and O–H groups in total. The number of thioether (sulfide) groups is 1. The van der Waals surface area contributed by atoms with Gasteiger partial charge < -0.3 is 15.0 Å². The molecule has 0 saturated carbocycles. The van der Waals surface area contributed by atoms with Crippen molar-refractivity contribution in [3.63, 3.8) is 0 Å². The van der Waals surface area contributed by atoms with Gasteiger partial charge in [0.25, 0.3) is 0 Å². The second-order valence-electron chi connectivity index (χ2n) is 6.77. The maximum atomic E-state index is 12.9. The van der Waals surface area contributed by atoms with E-state index in [-0.39, 0.29) is 24.1 Å². The smallest absolute Gasteiger partial charge is 0.244 e. The summed E-state index contributed by atoms with van der Waals surface area (Å²) in [6.45, 7) is 4.31. The molecule has 1 aliphatic rings. The number of allylic oxidation sites excluding steroid dienone is 1. The molecule has 1 aliphatic heterocycles. The fourth-order valence-corrected chi connectivity index (χ4v) is 4.13. The second-order valence-corrected chi connectivity index (χ2v) is 7.71. The van der Waals surface area contributed by atoms with E-state index in [4.69, 9.17) is 4.74 Å². The number of hydrogen-bond acceptors (Lipinski definition) is 6. The molecule has 4 rings (SSSR count). The van der Waals surface area contributed by atoms with Gasteiger partial charge in [-0.1, -0.05) is 30.0 Å². The van der Waals surface area contributed by atoms with Crippen LogP contribution >= 0.6 is 11.8 Å². The van der Waals surface area contributed by atoms with Crippen molar-refractivity contribution in [3.8, 4) is 17.1 Å². The van der Waals surface area contributed by atoms with Crippen molar-refractivity contribution in [3.05, 3.63) is 61.2 Å². The molecule has 0 aliphatic carbocycles. The Morgan fingerprint density at radius 1 is 1.23 bits per heavy atom. The number of fused-ring (bicyclic) bond motifs is 1. The maximum Gasteiger partial charge on any atom is 0.244 e. The molecule has 2 amide bonds. The van der Waals surface area contributed by atoms with Crippen molar-refractivity contribution in [1.29, 1.82) is 0 Å². The lowest BCUT2D eigenvalue weighted by Gasteiger charge is -2.29. The second kappa shape index (κ2) is 9.05. The van der Waals surface area contributed by atoms with Crippen LogP contribution in [0.15, 0.2) is 66.3 Å². The molecule has 2 heterocycles. The van der Waals surface area contributed by atoms with Crippen LogP contribution < -0.4 is 15.0 Å². The van der Waals surface area contributed by atoms with E-state index in [1.165, 1.54) is 16.7 Å². The Kier molecular flexibility index (Phi) is 6.03. The average molecular weight is 436 g/mol. The minimum Gasteiger partial charge on any atom is -0.497 e. The van der Waals surface area contributed by atoms with Crippen molar-refractivity contribution in [2.45, 2.75) is 11.7 Å². The Morgan fingerprint density at radius 3 is 2.74 bits per heavy atom. The first-order valence-electron chi connectivity index (χ1n) is 9.61. The average Bonchev–Trinajstić information content (AvgIpc) is 3.19. The summed E-state index contributed by atoms with van der Waals surface area (Å²) >= 11 is 1.28. The van der Waals surface area contributed by atoms with E-state index in [9.17, 15) is 9.59 Å². The first-order chi connectivity index (χ1) is 15.1. The standard InChI is InChI=1S/C22H21N5O3S/c1-3-12-26-21(15-8-10-16(30-2)11-9-15)24-25-22(26)31-14-20(29)27-13-19(28)23-17-6-4-5-7-18(17)27/h3-11H,1,12-14H2,2H3,(H,23,28). The number of methoxy groups -OCH3 is 1. The quantitative estimate of drug-likeness (QED) is 0.453. The number of anilines is 2. The lowest BCUT2D eigenvalue weighted by molar-refractivity contribution is -0.120. The van der Waals surface area contributed by atoms with Gasteiger partial charge in [0.2, 0.25) is 11.8 Å². The Bertz CT molecular complexity index is 1130. The van der Waals surface area contributed by atoms with Gasteiger partial charge in [0.15, 0.2) is 11.0 Å². The summed E-state index contributed by atoms with van der Waals surface area (Å²) in [6, 6.07) is 14.8. The van der Waals surface area contributed by atoms with Gasteiger partial charge in [-0.25, -0.2) is 0 Å². The molecule has 31 heavy (non-hydrogen) atoms. The summed E-state index contributed by atoms with van der Waals surface area (Å²) in [5.41, 5.74) is 2.21. The maximum absolute atomic E-state index is 12.9. The van der Waals surface area contributed by atoms with E-state index in [1.807, 2.05) is 47.0 Å². The van der Waals surface area contributed by atoms with Crippen molar-refractivity contribution in [2.24, 2.45) is 0 Å². The van der Waals surface area contributed by atoms with E-state index in [0.29, 0.717) is 28.9 Å². The Morgan fingerprint density at radius 2 is 2.00 bits per heavy atom. The van der Waals surface area contributed by atoms with Crippen LogP contribution in [0.25, 0.3) is 11.4 Å². The summed E-state index contributed by atoms with van der Waals surface area (Å²) in [4.78, 5) is 26.4. The third-order valence-electron chi connectivity index (χ3n) is 4.77. The lowest BCUT2D eigenvalue weighted by Crippen LogP contribution is -2.43. The van der Waals surface area contributed by atoms with Gasteiger partial charge in [0.1, 0.15) is 12.3 Å². The third kappa shape index (κ3) is 4.31. The van der Waals surface area contributed by atoms with Crippen LogP contribution in [0.3, 0.4) is 0 Å². The number of nitrogens with zero attached hydrogens (tertiary/aromatic N) is 4. The minimum absolute atomic E-state index is 0.00709. The number of carbonyl (C=O) groups is 2. The molecular weight excluding hydrogens is 414 g/mol. The number of carbonyl (C=O) groups excluding carboxylic acids is 2. The Hall–Kier alpha value is -3.59. The van der Waals surface area contributed by atoms with Gasteiger partial charge in [-0.15, -0.1) is 16.8 Å². The first-order valence-corrected chi connectivity index (χ1v) is 10.6. The zero-order chi connectivity index (χ0) is 21.8. The van der Waals surface area contributed by atoms with Gasteiger partial charge in [0.05, 0.1) is 24.2 Å². The highest BCUT2D eigenvalue weighted by atomic mass is 32.2. The van der Waals surface area contributed by atoms with Crippen LogP contribution in [0.5, 0.6) is 5.75 Å². The van der Waals surface area contributed by atoms with E-state index in [1.54, 1.807) is 19.3 Å². The van der Waals surface area contributed by atoms with E-state index in [2.05, 4.69) is 22.1 Å². The molecule has 2 aromatic carbocycles. The van der Waals surface area contributed by atoms with Crippen LogP contribution in [0, 0.1) is 0 Å². The molecule has 0 atom stereocenters. The van der Waals surface area contributed by atoms with Gasteiger partial charge in [-0.05, 0) is 36.4 Å². The normalized spacial score (nSPS) is 12.8. The van der Waals surface area contributed by atoms with Gasteiger partial charge in [0, 0.05) is 12.1 Å². The molecule has 0 radical (unpaired) electrons. The summed E-state index contributed by atoms with van der Waals surface area (Å²) in [6.07, 6.45) is 1.76. The third-order valence-corrected chi connectivity index (χ3v) is 5.72. The molecule has 0 saturated heterocycles. The Labute approximate surface area is 183 Å². The molecule has 0 unspecified atom stereocenters. The Balaban J connectivity index is 1.53. The fourth-order valence-electron chi connectivity index (χ4n) is 3.30. The zero-order valence-corrected chi connectivity index (χ0v) is 17.8. The largest absolute Gasteiger partial charge is 0.497 e. The molecule has 0 fully saturated rings. The lowest BCUT2D eigenvalue weighted by atomic mass is 10.2. The fraction of sp³-hybridized carbons (Fsp3) is 0.182. The van der Waals surface area contributed by atoms with Crippen LogP contribution in [0.1, 0.15) is 0 Å². The molecular formula is C22H21N5O3S. The number of ether oxygens (including phenoxy) is 1. The number of rotatable bonds is 7. The SMILES string of the molecule is C=CCn1c(SCC(=O)N2CC(=O)Nc3ccccc32)nnc1-c1ccc(OC)cc1. The summed E-state index contributed by atoms with van der Waals surface area (Å²) < 4.78 is 7.12. The zero-order valence-electron chi connectivity index (χ0n) is 16.9. The number of hydrogen-bond donors (Lipinski definition) is 1. The monoisotopic (exact) mass is 435 g/mol. The van der Waals surface area contributed by atoms with Crippen LogP contribution in [0.4, 0.5) is 11.4 Å². The number of benzene rings is 2. The molecule has 0 spiro atoms. The summed E-state index contributed by atoms with van der Waals surface area (Å²) in [5.74, 6) is 1.17. The predicted molar refractivity (Wildman–Crippen MR) is 120 cm³/mol. The van der Waals surface area contributed by atoms with E-state index < -0.39 is 0 Å². The molecule has 0 bridgehead atoms. The van der Waals surface area contributed by atoms with Crippen molar-refractivity contribution < 1.29 is 14.3 Å². The van der Waals surface area contributed by atoms with Crippen molar-refractivity contribution in [2.75, 3.05) is 29.6 Å². The molecule has 8 nitrogen and oxygen atoms in total. The summed E-state index contributed by atoms with van der Waals surface area (Å²) in [7, 11) is 1.62. The van der Waals surface area contributed by atoms with Crippen LogP contribution in [-0.4, -0.2) is 46.0 Å². The van der Waals surface area contributed by atoms with E-state index in [0.717, 1.165) is 11.3 Å². The number of para-hydroxylation sites is 2. The summed E-state index contributed by atoms with van der Waals surface area (Å²) in [5, 5.41) is 12.0. The topological polar surface area (TPSA) is 89.4 Å². The van der Waals surface area contributed by atoms with Gasteiger partial charge >= 0.3 is 0 Å².